The number of fused-ring (bicyclic) bond motifs is 2. The molecule has 86 valence electrons. The van der Waals surface area contributed by atoms with E-state index in [4.69, 9.17) is 0 Å². The van der Waals surface area contributed by atoms with E-state index in [-0.39, 0.29) is 6.10 Å². The van der Waals surface area contributed by atoms with E-state index in [9.17, 15) is 5.11 Å². The summed E-state index contributed by atoms with van der Waals surface area (Å²) in [4.78, 5) is 0. The Morgan fingerprint density at radius 1 is 0.812 bits per heavy atom. The largest absolute Gasteiger partial charge is 0.388 e. The van der Waals surface area contributed by atoms with Crippen LogP contribution in [0.2, 0.25) is 0 Å². The predicted molar refractivity (Wildman–Crippen MR) is 65.6 cm³/mol. The second-order valence-electron chi connectivity index (χ2n) is 5.29. The molecule has 1 atom stereocenters. The van der Waals surface area contributed by atoms with Gasteiger partial charge in [0.05, 0.1) is 6.10 Å². The normalized spacial score (nSPS) is 24.4. The maximum absolute atomic E-state index is 10.1. The highest BCUT2D eigenvalue weighted by Gasteiger charge is 2.19. The minimum absolute atomic E-state index is 0.204. The molecule has 0 saturated carbocycles. The lowest BCUT2D eigenvalue weighted by Crippen LogP contribution is -2.07. The van der Waals surface area contributed by atoms with Gasteiger partial charge in [-0.3, -0.25) is 0 Å². The summed E-state index contributed by atoms with van der Waals surface area (Å²) in [5.41, 5.74) is 5.72. The number of hydrogen-bond donors (Lipinski definition) is 1. The van der Waals surface area contributed by atoms with Crippen molar-refractivity contribution in [2.24, 2.45) is 0 Å². The van der Waals surface area contributed by atoms with Crippen molar-refractivity contribution in [3.8, 4) is 0 Å². The van der Waals surface area contributed by atoms with Crippen molar-refractivity contribution in [1.29, 1.82) is 0 Å². The third kappa shape index (κ3) is 1.78. The summed E-state index contributed by atoms with van der Waals surface area (Å²) < 4.78 is 0. The molecular weight excluding hydrogens is 196 g/mol. The van der Waals surface area contributed by atoms with Crippen LogP contribution in [0, 0.1) is 0 Å². The van der Waals surface area contributed by atoms with E-state index in [1.54, 1.807) is 5.56 Å². The Morgan fingerprint density at radius 3 is 2.25 bits per heavy atom. The topological polar surface area (TPSA) is 20.2 Å². The van der Waals surface area contributed by atoms with E-state index in [2.05, 4.69) is 12.1 Å². The monoisotopic (exact) mass is 216 g/mol. The van der Waals surface area contributed by atoms with Crippen LogP contribution in [0.15, 0.2) is 12.1 Å². The lowest BCUT2D eigenvalue weighted by molar-refractivity contribution is 0.166. The first-order valence-electron chi connectivity index (χ1n) is 6.67. The fraction of sp³-hybridized carbons (Fsp3) is 0.600. The van der Waals surface area contributed by atoms with Crippen LogP contribution in [0.1, 0.15) is 60.5 Å². The summed E-state index contributed by atoms with van der Waals surface area (Å²) in [5, 5.41) is 10.1. The maximum Gasteiger partial charge on any atom is 0.0792 e. The Kier molecular flexibility index (Phi) is 2.72. The molecule has 0 amide bonds. The molecule has 2 aliphatic rings. The molecule has 0 spiro atoms. The van der Waals surface area contributed by atoms with Gasteiger partial charge in [-0.15, -0.1) is 0 Å². The SMILES string of the molecule is OC1CCCCc2cc3c(cc21)CCCC3. The summed E-state index contributed by atoms with van der Waals surface area (Å²) >= 11 is 0. The molecule has 0 aromatic heterocycles. The summed E-state index contributed by atoms with van der Waals surface area (Å²) in [6.45, 7) is 0. The van der Waals surface area contributed by atoms with Crippen LogP contribution >= 0.6 is 0 Å². The maximum atomic E-state index is 10.1. The van der Waals surface area contributed by atoms with Crippen molar-refractivity contribution in [3.63, 3.8) is 0 Å². The van der Waals surface area contributed by atoms with Crippen LogP contribution in [0.3, 0.4) is 0 Å². The molecule has 1 unspecified atom stereocenters. The van der Waals surface area contributed by atoms with Crippen LogP contribution in [-0.4, -0.2) is 5.11 Å². The van der Waals surface area contributed by atoms with E-state index in [0.717, 1.165) is 6.42 Å². The lowest BCUT2D eigenvalue weighted by Gasteiger charge is -2.20. The van der Waals surface area contributed by atoms with Crippen LogP contribution in [0.5, 0.6) is 0 Å². The first kappa shape index (κ1) is 10.3. The molecule has 0 fully saturated rings. The van der Waals surface area contributed by atoms with Gasteiger partial charge in [-0.25, -0.2) is 0 Å². The molecule has 16 heavy (non-hydrogen) atoms. The van der Waals surface area contributed by atoms with Crippen LogP contribution < -0.4 is 0 Å². The van der Waals surface area contributed by atoms with E-state index in [0.29, 0.717) is 0 Å². The standard InChI is InChI=1S/C15H20O/c16-15-8-4-3-7-13-9-11-5-1-2-6-12(11)10-14(13)15/h9-10,15-16H,1-8H2. The molecule has 2 aliphatic carbocycles. The second-order valence-corrected chi connectivity index (χ2v) is 5.29. The van der Waals surface area contributed by atoms with Gasteiger partial charge in [-0.05, 0) is 67.2 Å². The highest BCUT2D eigenvalue weighted by atomic mass is 16.3. The lowest BCUT2D eigenvalue weighted by atomic mass is 9.86. The van der Waals surface area contributed by atoms with Gasteiger partial charge in [0.25, 0.3) is 0 Å². The predicted octanol–water partition coefficient (Wildman–Crippen LogP) is 3.33. The smallest absolute Gasteiger partial charge is 0.0792 e. The molecule has 0 aliphatic heterocycles. The highest BCUT2D eigenvalue weighted by Crippen LogP contribution is 2.33. The average molecular weight is 216 g/mol. The fourth-order valence-corrected chi connectivity index (χ4v) is 3.19. The fourth-order valence-electron chi connectivity index (χ4n) is 3.19. The van der Waals surface area contributed by atoms with Crippen LogP contribution in [0.25, 0.3) is 0 Å². The molecule has 1 heteroatoms. The number of aliphatic hydroxyl groups is 1. The van der Waals surface area contributed by atoms with Gasteiger partial charge >= 0.3 is 0 Å². The minimum atomic E-state index is -0.204. The summed E-state index contributed by atoms with van der Waals surface area (Å²) in [6, 6.07) is 4.69. The Hall–Kier alpha value is -0.820. The van der Waals surface area contributed by atoms with Crippen molar-refractivity contribution in [2.45, 2.75) is 57.5 Å². The third-order valence-corrected chi connectivity index (χ3v) is 4.14. The Morgan fingerprint density at radius 2 is 1.44 bits per heavy atom. The number of rotatable bonds is 0. The zero-order chi connectivity index (χ0) is 11.0. The van der Waals surface area contributed by atoms with Gasteiger partial charge in [0.2, 0.25) is 0 Å². The van der Waals surface area contributed by atoms with Gasteiger partial charge in [0.1, 0.15) is 0 Å². The number of benzene rings is 1. The van der Waals surface area contributed by atoms with Gasteiger partial charge < -0.3 is 5.11 Å². The van der Waals surface area contributed by atoms with Crippen molar-refractivity contribution < 1.29 is 5.11 Å². The summed E-state index contributed by atoms with van der Waals surface area (Å²) in [5.74, 6) is 0. The quantitative estimate of drug-likeness (QED) is 0.660. The number of aryl methyl sites for hydroxylation is 3. The Bertz CT molecular complexity index is 395. The minimum Gasteiger partial charge on any atom is -0.388 e. The van der Waals surface area contributed by atoms with Gasteiger partial charge in [0.15, 0.2) is 0 Å². The molecule has 1 N–H and O–H groups in total. The van der Waals surface area contributed by atoms with Crippen molar-refractivity contribution >= 4 is 0 Å². The number of hydrogen-bond acceptors (Lipinski definition) is 1. The zero-order valence-electron chi connectivity index (χ0n) is 9.84. The first-order chi connectivity index (χ1) is 7.84. The van der Waals surface area contributed by atoms with E-state index in [1.807, 2.05) is 0 Å². The third-order valence-electron chi connectivity index (χ3n) is 4.14. The molecule has 1 nitrogen and oxygen atoms in total. The van der Waals surface area contributed by atoms with Crippen LogP contribution in [-0.2, 0) is 19.3 Å². The molecule has 0 heterocycles. The molecule has 3 rings (SSSR count). The van der Waals surface area contributed by atoms with Crippen molar-refractivity contribution in [3.05, 3.63) is 34.4 Å². The van der Waals surface area contributed by atoms with Gasteiger partial charge in [-0.1, -0.05) is 18.6 Å². The summed E-state index contributed by atoms with van der Waals surface area (Å²) in [6.07, 6.45) is 9.45. The molecule has 0 saturated heterocycles. The van der Waals surface area contributed by atoms with Crippen LogP contribution in [0.4, 0.5) is 0 Å². The molecular formula is C15H20O. The van der Waals surface area contributed by atoms with Crippen molar-refractivity contribution in [2.75, 3.05) is 0 Å². The summed E-state index contributed by atoms with van der Waals surface area (Å²) in [7, 11) is 0. The average Bonchev–Trinajstić information content (AvgIpc) is 2.49. The molecule has 0 bridgehead atoms. The first-order valence-corrected chi connectivity index (χ1v) is 6.67. The Labute approximate surface area is 97.5 Å². The molecule has 0 radical (unpaired) electrons. The Balaban J connectivity index is 2.06. The van der Waals surface area contributed by atoms with Crippen molar-refractivity contribution in [1.82, 2.24) is 0 Å². The van der Waals surface area contributed by atoms with Gasteiger partial charge in [-0.2, -0.15) is 0 Å². The molecule has 1 aromatic carbocycles. The van der Waals surface area contributed by atoms with Gasteiger partial charge in [0, 0.05) is 0 Å². The number of aliphatic hydroxyl groups excluding tert-OH is 1. The van der Waals surface area contributed by atoms with E-state index in [1.165, 1.54) is 61.6 Å². The van der Waals surface area contributed by atoms with E-state index < -0.39 is 0 Å². The zero-order valence-corrected chi connectivity index (χ0v) is 9.84. The second kappa shape index (κ2) is 4.21. The molecule has 1 aromatic rings. The highest BCUT2D eigenvalue weighted by molar-refractivity contribution is 5.41. The van der Waals surface area contributed by atoms with E-state index >= 15 is 0 Å².